The van der Waals surface area contributed by atoms with Crippen molar-refractivity contribution in [2.24, 2.45) is 0 Å². The highest BCUT2D eigenvalue weighted by Crippen LogP contribution is 2.36. The summed E-state index contributed by atoms with van der Waals surface area (Å²) in [6.07, 6.45) is 2.49. The molecule has 5 rings (SSSR count). The van der Waals surface area contributed by atoms with Gasteiger partial charge in [0.2, 0.25) is 0 Å². The molecule has 0 atom stereocenters. The summed E-state index contributed by atoms with van der Waals surface area (Å²) in [5.74, 6) is 2.74. The minimum atomic E-state index is 0.176. The lowest BCUT2D eigenvalue weighted by molar-refractivity contribution is -0.117. The SMILES string of the molecule is COc1cc2nccc(Oc3ccc(CC(=O)Cc4ccc5ccccc5c4)cc3)c2cc1OC. The minimum absolute atomic E-state index is 0.176. The quantitative estimate of drug-likeness (QED) is 0.261. The molecule has 174 valence electrons. The van der Waals surface area contributed by atoms with Gasteiger partial charge in [-0.3, -0.25) is 9.78 Å². The maximum absolute atomic E-state index is 12.7. The Kier molecular flexibility index (Phi) is 6.31. The van der Waals surface area contributed by atoms with E-state index in [9.17, 15) is 4.79 Å². The summed E-state index contributed by atoms with van der Waals surface area (Å²) >= 11 is 0. The van der Waals surface area contributed by atoms with Gasteiger partial charge in [-0.2, -0.15) is 0 Å². The molecule has 0 saturated carbocycles. The number of pyridine rings is 1. The molecule has 0 amide bonds. The van der Waals surface area contributed by atoms with E-state index in [0.29, 0.717) is 35.8 Å². The van der Waals surface area contributed by atoms with Crippen LogP contribution in [0, 0.1) is 0 Å². The minimum Gasteiger partial charge on any atom is -0.493 e. The molecular formula is C30H25NO4. The van der Waals surface area contributed by atoms with Gasteiger partial charge >= 0.3 is 0 Å². The molecule has 4 aromatic carbocycles. The fourth-order valence-electron chi connectivity index (χ4n) is 4.21. The number of carbonyl (C=O) groups is 1. The molecule has 0 radical (unpaired) electrons. The lowest BCUT2D eigenvalue weighted by Crippen LogP contribution is -2.06. The van der Waals surface area contributed by atoms with Gasteiger partial charge in [0.15, 0.2) is 11.5 Å². The largest absolute Gasteiger partial charge is 0.493 e. The van der Waals surface area contributed by atoms with Gasteiger partial charge in [0.1, 0.15) is 17.3 Å². The standard InChI is InChI=1S/C30H25NO4/c1-33-29-18-26-27(19-30(29)34-2)31-14-13-28(26)35-25-11-8-20(9-12-25)16-24(32)17-21-7-10-22-5-3-4-6-23(22)15-21/h3-15,18-19H,16-17H2,1-2H3. The van der Waals surface area contributed by atoms with Crippen LogP contribution in [0.4, 0.5) is 0 Å². The van der Waals surface area contributed by atoms with E-state index in [2.05, 4.69) is 29.2 Å². The second-order valence-electron chi connectivity index (χ2n) is 8.35. The number of carbonyl (C=O) groups excluding carboxylic acids is 1. The first-order chi connectivity index (χ1) is 17.1. The van der Waals surface area contributed by atoms with Crippen molar-refractivity contribution in [3.05, 3.63) is 102 Å². The van der Waals surface area contributed by atoms with E-state index >= 15 is 0 Å². The number of nitrogens with zero attached hydrogens (tertiary/aromatic N) is 1. The topological polar surface area (TPSA) is 57.7 Å². The Balaban J connectivity index is 1.28. The second kappa shape index (κ2) is 9.85. The Morgan fingerprint density at radius 3 is 2.17 bits per heavy atom. The van der Waals surface area contributed by atoms with Crippen LogP contribution in [0.25, 0.3) is 21.7 Å². The predicted octanol–water partition coefficient (Wildman–Crippen LogP) is 6.55. The van der Waals surface area contributed by atoms with Crippen molar-refractivity contribution < 1.29 is 19.0 Å². The number of hydrogen-bond acceptors (Lipinski definition) is 5. The molecule has 0 aliphatic heterocycles. The average molecular weight is 464 g/mol. The number of methoxy groups -OCH3 is 2. The van der Waals surface area contributed by atoms with Crippen LogP contribution in [-0.4, -0.2) is 25.0 Å². The number of ether oxygens (including phenoxy) is 3. The van der Waals surface area contributed by atoms with Crippen LogP contribution in [0.5, 0.6) is 23.0 Å². The number of aromatic nitrogens is 1. The van der Waals surface area contributed by atoms with Crippen LogP contribution < -0.4 is 14.2 Å². The van der Waals surface area contributed by atoms with Crippen molar-refractivity contribution in [1.82, 2.24) is 4.98 Å². The first-order valence-electron chi connectivity index (χ1n) is 11.4. The highest BCUT2D eigenvalue weighted by atomic mass is 16.5. The Morgan fingerprint density at radius 1 is 0.714 bits per heavy atom. The number of hydrogen-bond donors (Lipinski definition) is 0. The van der Waals surface area contributed by atoms with Crippen molar-refractivity contribution in [3.63, 3.8) is 0 Å². The van der Waals surface area contributed by atoms with Crippen LogP contribution in [0.2, 0.25) is 0 Å². The summed E-state index contributed by atoms with van der Waals surface area (Å²) in [4.78, 5) is 17.1. The Bertz CT molecular complexity index is 1510. The van der Waals surface area contributed by atoms with Crippen molar-refractivity contribution in [2.45, 2.75) is 12.8 Å². The first kappa shape index (κ1) is 22.4. The molecule has 0 bridgehead atoms. The molecule has 5 aromatic rings. The third-order valence-electron chi connectivity index (χ3n) is 5.97. The van der Waals surface area contributed by atoms with E-state index in [-0.39, 0.29) is 5.78 Å². The second-order valence-corrected chi connectivity index (χ2v) is 8.35. The summed E-state index contributed by atoms with van der Waals surface area (Å²) in [5, 5.41) is 3.15. The monoisotopic (exact) mass is 463 g/mol. The zero-order chi connectivity index (χ0) is 24.2. The molecule has 1 aromatic heterocycles. The predicted molar refractivity (Wildman–Crippen MR) is 138 cm³/mol. The van der Waals surface area contributed by atoms with Gasteiger partial charge in [-0.25, -0.2) is 0 Å². The van der Waals surface area contributed by atoms with Crippen LogP contribution in [0.3, 0.4) is 0 Å². The van der Waals surface area contributed by atoms with E-state index in [4.69, 9.17) is 14.2 Å². The lowest BCUT2D eigenvalue weighted by atomic mass is 10.00. The van der Waals surface area contributed by atoms with Gasteiger partial charge in [-0.05, 0) is 46.2 Å². The zero-order valence-electron chi connectivity index (χ0n) is 19.7. The highest BCUT2D eigenvalue weighted by molar-refractivity contribution is 5.89. The van der Waals surface area contributed by atoms with Crippen LogP contribution in [0.1, 0.15) is 11.1 Å². The maximum Gasteiger partial charge on any atom is 0.162 e. The summed E-state index contributed by atoms with van der Waals surface area (Å²) in [7, 11) is 3.19. The van der Waals surface area contributed by atoms with Gasteiger partial charge < -0.3 is 14.2 Å². The summed E-state index contributed by atoms with van der Waals surface area (Å²) in [6, 6.07) is 27.5. The molecule has 0 aliphatic rings. The van der Waals surface area contributed by atoms with Crippen LogP contribution in [-0.2, 0) is 17.6 Å². The molecule has 0 saturated heterocycles. The molecule has 0 spiro atoms. The number of fused-ring (bicyclic) bond motifs is 2. The maximum atomic E-state index is 12.7. The smallest absolute Gasteiger partial charge is 0.162 e. The molecule has 5 nitrogen and oxygen atoms in total. The lowest BCUT2D eigenvalue weighted by Gasteiger charge is -2.12. The van der Waals surface area contributed by atoms with Crippen LogP contribution >= 0.6 is 0 Å². The van der Waals surface area contributed by atoms with Gasteiger partial charge in [0, 0.05) is 30.5 Å². The fraction of sp³-hybridized carbons (Fsp3) is 0.133. The highest BCUT2D eigenvalue weighted by Gasteiger charge is 2.12. The molecule has 1 heterocycles. The summed E-state index contributed by atoms with van der Waals surface area (Å²) in [6.45, 7) is 0. The van der Waals surface area contributed by atoms with Gasteiger partial charge in [0.05, 0.1) is 19.7 Å². The zero-order valence-corrected chi connectivity index (χ0v) is 19.7. The normalized spacial score (nSPS) is 10.9. The molecule has 0 N–H and O–H groups in total. The Labute approximate surface area is 203 Å². The molecule has 5 heteroatoms. The van der Waals surface area contributed by atoms with Crippen LogP contribution in [0.15, 0.2) is 91.1 Å². The fourth-order valence-corrected chi connectivity index (χ4v) is 4.21. The third kappa shape index (κ3) is 4.94. The third-order valence-corrected chi connectivity index (χ3v) is 5.97. The Morgan fingerprint density at radius 2 is 1.40 bits per heavy atom. The Hall–Kier alpha value is -4.38. The van der Waals surface area contributed by atoms with Crippen molar-refractivity contribution >= 4 is 27.5 Å². The molecule has 35 heavy (non-hydrogen) atoms. The van der Waals surface area contributed by atoms with Crippen molar-refractivity contribution in [3.8, 4) is 23.0 Å². The van der Waals surface area contributed by atoms with E-state index in [1.165, 1.54) is 5.39 Å². The summed E-state index contributed by atoms with van der Waals surface area (Å²) < 4.78 is 16.9. The molecule has 0 aliphatic carbocycles. The number of ketones is 1. The van der Waals surface area contributed by atoms with Gasteiger partial charge in [0.25, 0.3) is 0 Å². The van der Waals surface area contributed by atoms with E-state index < -0.39 is 0 Å². The van der Waals surface area contributed by atoms with E-state index in [1.54, 1.807) is 20.4 Å². The summed E-state index contributed by atoms with van der Waals surface area (Å²) in [5.41, 5.74) is 2.73. The molecule has 0 unspecified atom stereocenters. The first-order valence-corrected chi connectivity index (χ1v) is 11.4. The van der Waals surface area contributed by atoms with Crippen molar-refractivity contribution in [2.75, 3.05) is 14.2 Å². The van der Waals surface area contributed by atoms with Crippen molar-refractivity contribution in [1.29, 1.82) is 0 Å². The van der Waals surface area contributed by atoms with Gasteiger partial charge in [-0.1, -0.05) is 54.6 Å². The molecular weight excluding hydrogens is 438 g/mol. The van der Waals surface area contributed by atoms with Gasteiger partial charge in [-0.15, -0.1) is 0 Å². The van der Waals surface area contributed by atoms with E-state index in [1.807, 2.05) is 60.7 Å². The van der Waals surface area contributed by atoms with E-state index in [0.717, 1.165) is 27.4 Å². The number of Topliss-reactive ketones (excluding diaryl/α,β-unsaturated/α-hetero) is 1. The average Bonchev–Trinajstić information content (AvgIpc) is 2.89. The number of benzene rings is 4. The molecule has 0 fully saturated rings. The number of rotatable bonds is 8.